The van der Waals surface area contributed by atoms with Crippen LogP contribution in [0.2, 0.25) is 10.0 Å². The second kappa shape index (κ2) is 2.86. The fourth-order valence-electron chi connectivity index (χ4n) is 1.53. The lowest BCUT2D eigenvalue weighted by atomic mass is 10.1. The maximum absolute atomic E-state index is 13.3. The van der Waals surface area contributed by atoms with Crippen molar-refractivity contribution in [1.29, 1.82) is 0 Å². The van der Waals surface area contributed by atoms with Gasteiger partial charge in [0, 0.05) is 5.92 Å². The van der Waals surface area contributed by atoms with Crippen molar-refractivity contribution in [2.24, 2.45) is 0 Å². The molecule has 70 valence electrons. The van der Waals surface area contributed by atoms with E-state index in [2.05, 4.69) is 0 Å². The third-order valence-electron chi connectivity index (χ3n) is 2.52. The fourth-order valence-corrected chi connectivity index (χ4v) is 1.84. The molecule has 0 radical (unpaired) electrons. The van der Waals surface area contributed by atoms with E-state index in [-0.39, 0.29) is 5.92 Å². The molecule has 1 fully saturated rings. The van der Waals surface area contributed by atoms with Crippen LogP contribution in [0.4, 0.5) is 4.39 Å². The standard InChI is InChI=1S/C10H9Cl2F/c1-10(13)5-7(10)6-2-3-8(11)9(12)4-6/h2-4,7H,5H2,1H3. The molecule has 1 aliphatic carbocycles. The van der Waals surface area contributed by atoms with Crippen LogP contribution in [0.5, 0.6) is 0 Å². The van der Waals surface area contributed by atoms with Gasteiger partial charge in [0.1, 0.15) is 5.67 Å². The van der Waals surface area contributed by atoms with Crippen LogP contribution >= 0.6 is 23.2 Å². The quantitative estimate of drug-likeness (QED) is 0.663. The summed E-state index contributed by atoms with van der Waals surface area (Å²) in [7, 11) is 0. The second-order valence-electron chi connectivity index (χ2n) is 3.71. The Labute approximate surface area is 86.7 Å². The first kappa shape index (κ1) is 9.29. The fraction of sp³-hybridized carbons (Fsp3) is 0.400. The first-order valence-electron chi connectivity index (χ1n) is 4.14. The summed E-state index contributed by atoms with van der Waals surface area (Å²) in [5.41, 5.74) is -0.101. The Bertz CT molecular complexity index is 347. The summed E-state index contributed by atoms with van der Waals surface area (Å²) in [5, 5.41) is 1.02. The predicted octanol–water partition coefficient (Wildman–Crippen LogP) is 4.21. The molecule has 0 aliphatic heterocycles. The van der Waals surface area contributed by atoms with Gasteiger partial charge in [-0.25, -0.2) is 4.39 Å². The van der Waals surface area contributed by atoms with E-state index >= 15 is 0 Å². The summed E-state index contributed by atoms with van der Waals surface area (Å²) >= 11 is 11.6. The zero-order valence-corrected chi connectivity index (χ0v) is 8.66. The van der Waals surface area contributed by atoms with Crippen LogP contribution in [-0.4, -0.2) is 5.67 Å². The molecule has 13 heavy (non-hydrogen) atoms. The van der Waals surface area contributed by atoms with Crippen molar-refractivity contribution in [2.45, 2.75) is 24.9 Å². The summed E-state index contributed by atoms with van der Waals surface area (Å²) < 4.78 is 13.3. The summed E-state index contributed by atoms with van der Waals surface area (Å²) in [5.74, 6) is 0.00210. The van der Waals surface area contributed by atoms with Crippen LogP contribution in [0.25, 0.3) is 0 Å². The Morgan fingerprint density at radius 1 is 1.38 bits per heavy atom. The van der Waals surface area contributed by atoms with Crippen LogP contribution in [0, 0.1) is 0 Å². The normalized spacial score (nSPS) is 31.8. The molecule has 0 nitrogen and oxygen atoms in total. The van der Waals surface area contributed by atoms with Gasteiger partial charge in [-0.2, -0.15) is 0 Å². The Morgan fingerprint density at radius 2 is 2.00 bits per heavy atom. The topological polar surface area (TPSA) is 0 Å². The third-order valence-corrected chi connectivity index (χ3v) is 3.25. The van der Waals surface area contributed by atoms with Gasteiger partial charge in [-0.3, -0.25) is 0 Å². The van der Waals surface area contributed by atoms with Gasteiger partial charge in [-0.05, 0) is 31.0 Å². The summed E-state index contributed by atoms with van der Waals surface area (Å²) in [4.78, 5) is 0. The monoisotopic (exact) mass is 218 g/mol. The zero-order valence-electron chi connectivity index (χ0n) is 7.15. The molecular weight excluding hydrogens is 210 g/mol. The molecule has 3 heteroatoms. The van der Waals surface area contributed by atoms with E-state index in [9.17, 15) is 4.39 Å². The molecule has 2 unspecified atom stereocenters. The van der Waals surface area contributed by atoms with Crippen molar-refractivity contribution in [3.8, 4) is 0 Å². The zero-order chi connectivity index (χ0) is 9.64. The molecule has 0 heterocycles. The number of hydrogen-bond acceptors (Lipinski definition) is 0. The summed E-state index contributed by atoms with van der Waals surface area (Å²) in [6, 6.07) is 5.30. The highest BCUT2D eigenvalue weighted by atomic mass is 35.5. The second-order valence-corrected chi connectivity index (χ2v) is 4.52. The minimum Gasteiger partial charge on any atom is -0.243 e. The van der Waals surface area contributed by atoms with E-state index in [1.54, 1.807) is 19.1 Å². The van der Waals surface area contributed by atoms with Crippen LogP contribution in [0.1, 0.15) is 24.8 Å². The van der Waals surface area contributed by atoms with Crippen LogP contribution in [-0.2, 0) is 0 Å². The molecule has 2 atom stereocenters. The van der Waals surface area contributed by atoms with E-state index in [1.807, 2.05) is 6.07 Å². The average Bonchev–Trinajstić information content (AvgIpc) is 2.66. The molecule has 1 aromatic carbocycles. The molecule has 2 rings (SSSR count). The smallest absolute Gasteiger partial charge is 0.115 e. The van der Waals surface area contributed by atoms with Gasteiger partial charge in [0.15, 0.2) is 0 Å². The molecule has 1 saturated carbocycles. The lowest BCUT2D eigenvalue weighted by molar-refractivity contribution is 0.328. The summed E-state index contributed by atoms with van der Waals surface area (Å²) in [6.07, 6.45) is 0.588. The maximum atomic E-state index is 13.3. The van der Waals surface area contributed by atoms with E-state index < -0.39 is 5.67 Å². The van der Waals surface area contributed by atoms with Gasteiger partial charge >= 0.3 is 0 Å². The molecule has 1 aliphatic rings. The van der Waals surface area contributed by atoms with Crippen LogP contribution < -0.4 is 0 Å². The Morgan fingerprint density at radius 3 is 2.46 bits per heavy atom. The highest BCUT2D eigenvalue weighted by molar-refractivity contribution is 6.42. The first-order valence-corrected chi connectivity index (χ1v) is 4.90. The van der Waals surface area contributed by atoms with Gasteiger partial charge in [0.05, 0.1) is 10.0 Å². The Hall–Kier alpha value is -0.270. The molecule has 0 spiro atoms. The first-order chi connectivity index (χ1) is 6.00. The molecule has 0 bridgehead atoms. The number of halogens is 3. The lowest BCUT2D eigenvalue weighted by Gasteiger charge is -2.02. The van der Waals surface area contributed by atoms with Crippen LogP contribution in [0.3, 0.4) is 0 Å². The number of alkyl halides is 1. The molecule has 0 aromatic heterocycles. The lowest BCUT2D eigenvalue weighted by Crippen LogP contribution is -1.94. The van der Waals surface area contributed by atoms with Crippen molar-refractivity contribution in [2.75, 3.05) is 0 Å². The average molecular weight is 219 g/mol. The largest absolute Gasteiger partial charge is 0.243 e. The minimum atomic E-state index is -1.04. The van der Waals surface area contributed by atoms with E-state index in [4.69, 9.17) is 23.2 Å². The SMILES string of the molecule is CC1(F)CC1c1ccc(Cl)c(Cl)c1. The highest BCUT2D eigenvalue weighted by Crippen LogP contribution is 2.54. The van der Waals surface area contributed by atoms with Crippen molar-refractivity contribution >= 4 is 23.2 Å². The van der Waals surface area contributed by atoms with Crippen molar-refractivity contribution in [1.82, 2.24) is 0 Å². The Kier molecular flexibility index (Phi) is 2.04. The van der Waals surface area contributed by atoms with Gasteiger partial charge < -0.3 is 0 Å². The number of hydrogen-bond donors (Lipinski definition) is 0. The van der Waals surface area contributed by atoms with Crippen LogP contribution in [0.15, 0.2) is 18.2 Å². The molecule has 0 N–H and O–H groups in total. The van der Waals surface area contributed by atoms with Gasteiger partial charge in [0.25, 0.3) is 0 Å². The van der Waals surface area contributed by atoms with E-state index in [0.717, 1.165) is 5.56 Å². The molecular formula is C10H9Cl2F. The Balaban J connectivity index is 2.29. The molecule has 0 amide bonds. The minimum absolute atomic E-state index is 0.00210. The van der Waals surface area contributed by atoms with Gasteiger partial charge in [0.2, 0.25) is 0 Å². The van der Waals surface area contributed by atoms with Gasteiger partial charge in [-0.1, -0.05) is 29.3 Å². The number of rotatable bonds is 1. The molecule has 1 aromatic rings. The predicted molar refractivity (Wildman–Crippen MR) is 53.3 cm³/mol. The number of benzene rings is 1. The van der Waals surface area contributed by atoms with Gasteiger partial charge in [-0.15, -0.1) is 0 Å². The molecule has 0 saturated heterocycles. The van der Waals surface area contributed by atoms with E-state index in [1.165, 1.54) is 0 Å². The highest BCUT2D eigenvalue weighted by Gasteiger charge is 2.51. The van der Waals surface area contributed by atoms with Crippen molar-refractivity contribution < 1.29 is 4.39 Å². The maximum Gasteiger partial charge on any atom is 0.115 e. The van der Waals surface area contributed by atoms with E-state index in [0.29, 0.717) is 16.5 Å². The third kappa shape index (κ3) is 1.68. The van der Waals surface area contributed by atoms with Crippen molar-refractivity contribution in [3.05, 3.63) is 33.8 Å². The van der Waals surface area contributed by atoms with Crippen molar-refractivity contribution in [3.63, 3.8) is 0 Å². The summed E-state index contributed by atoms with van der Waals surface area (Å²) in [6.45, 7) is 1.61.